The van der Waals surface area contributed by atoms with Crippen molar-refractivity contribution in [1.82, 2.24) is 0 Å². The average molecular weight is 611 g/mol. The van der Waals surface area contributed by atoms with E-state index in [4.69, 9.17) is 0 Å². The molecule has 3 atom stereocenters. The largest absolute Gasteiger partial charge is 0.477 e. The molecule has 0 bridgehead atoms. The van der Waals surface area contributed by atoms with Crippen LogP contribution in [0.15, 0.2) is 12.2 Å². The van der Waals surface area contributed by atoms with E-state index >= 15 is 0 Å². The van der Waals surface area contributed by atoms with Gasteiger partial charge in [-0.1, -0.05) is 130 Å². The van der Waals surface area contributed by atoms with Gasteiger partial charge in [0.25, 0.3) is 0 Å². The molecule has 3 unspecified atom stereocenters. The number of carboxylic acids is 3. The number of allylic oxidation sites excluding steroid dienone is 2. The predicted octanol–water partition coefficient (Wildman–Crippen LogP) is 9.77. The second-order valence-electron chi connectivity index (χ2n) is 12.6. The van der Waals surface area contributed by atoms with E-state index in [-0.39, 0.29) is 25.8 Å². The van der Waals surface area contributed by atoms with Crippen molar-refractivity contribution in [3.63, 3.8) is 0 Å². The first-order valence-corrected chi connectivity index (χ1v) is 17.9. The summed E-state index contributed by atoms with van der Waals surface area (Å²) in [7, 11) is 0. The first-order valence-electron chi connectivity index (χ1n) is 17.9. The Morgan fingerprint density at radius 2 is 0.744 bits per heavy atom. The smallest absolute Gasteiger partial charge is 0.362 e. The van der Waals surface area contributed by atoms with Crippen LogP contribution >= 0.6 is 0 Å². The second kappa shape index (κ2) is 26.5. The molecule has 43 heavy (non-hydrogen) atoms. The molecule has 252 valence electrons. The SMILES string of the molecule is CCCCCCCCC/C=C/CCCCCCCCCCCCC[N+](C(CC)C(=O)O)(C(CC)C(=O)O)C(CC)C(=O)O. The molecule has 0 radical (unpaired) electrons. The number of hydrogen-bond acceptors (Lipinski definition) is 3. The summed E-state index contributed by atoms with van der Waals surface area (Å²) in [6.07, 6.45) is 29.8. The number of carboxylic acid groups (broad SMARTS) is 3. The molecule has 7 nitrogen and oxygen atoms in total. The maximum atomic E-state index is 12.3. The van der Waals surface area contributed by atoms with Crippen LogP contribution in [0.5, 0.6) is 0 Å². The number of unbranched alkanes of at least 4 members (excludes halogenated alkanes) is 18. The van der Waals surface area contributed by atoms with Gasteiger partial charge in [0.2, 0.25) is 0 Å². The van der Waals surface area contributed by atoms with Gasteiger partial charge in [0.05, 0.1) is 6.54 Å². The minimum absolute atomic E-state index is 0.193. The highest BCUT2D eigenvalue weighted by atomic mass is 16.4. The fourth-order valence-corrected chi connectivity index (χ4v) is 6.97. The van der Waals surface area contributed by atoms with Gasteiger partial charge in [-0.05, 0) is 38.5 Å². The number of quaternary nitrogens is 1. The minimum Gasteiger partial charge on any atom is -0.477 e. The van der Waals surface area contributed by atoms with Gasteiger partial charge in [0, 0.05) is 19.3 Å². The van der Waals surface area contributed by atoms with Crippen molar-refractivity contribution >= 4 is 17.9 Å². The van der Waals surface area contributed by atoms with Crippen LogP contribution in [-0.4, -0.2) is 62.4 Å². The van der Waals surface area contributed by atoms with Crippen LogP contribution in [-0.2, 0) is 14.4 Å². The second-order valence-corrected chi connectivity index (χ2v) is 12.6. The quantitative estimate of drug-likeness (QED) is 0.0409. The molecule has 0 spiro atoms. The summed E-state index contributed by atoms with van der Waals surface area (Å²) in [5.74, 6) is -3.34. The van der Waals surface area contributed by atoms with E-state index in [1.165, 1.54) is 103 Å². The third-order valence-corrected chi connectivity index (χ3v) is 9.31. The molecule has 3 N–H and O–H groups in total. The van der Waals surface area contributed by atoms with Crippen LogP contribution in [0, 0.1) is 0 Å². The van der Waals surface area contributed by atoms with Crippen molar-refractivity contribution in [3.8, 4) is 0 Å². The first kappa shape index (κ1) is 41.1. The summed E-state index contributed by atoms with van der Waals surface area (Å²) in [5, 5.41) is 30.1. The molecule has 0 heterocycles. The molecule has 0 fully saturated rings. The monoisotopic (exact) mass is 611 g/mol. The van der Waals surface area contributed by atoms with Gasteiger partial charge < -0.3 is 15.3 Å². The summed E-state index contributed by atoms with van der Waals surface area (Å²) in [5.41, 5.74) is 0. The Bertz CT molecular complexity index is 697. The standard InChI is InChI=1S/C36H67NO6/c1-5-9-10-11-12-13-14-15-16-17-18-19-20-21-22-23-24-25-26-27-28-29-30-37(31(6-2)34(38)39,32(7-3)35(40)41)33(8-4)36(42)43/h16-17,31-33H,5-15,18-30H2,1-4H3,(H2-,38,39,40,41,42,43)/p+1/b17-16+. The first-order chi connectivity index (χ1) is 20.7. The highest BCUT2D eigenvalue weighted by molar-refractivity contribution is 5.78. The summed E-state index contributed by atoms with van der Waals surface area (Å²) >= 11 is 0. The fourth-order valence-electron chi connectivity index (χ4n) is 6.97. The van der Waals surface area contributed by atoms with Gasteiger partial charge >= 0.3 is 17.9 Å². The molecule has 0 aromatic carbocycles. The van der Waals surface area contributed by atoms with E-state index in [9.17, 15) is 29.7 Å². The number of nitrogens with zero attached hydrogens (tertiary/aromatic N) is 1. The molecule has 0 rings (SSSR count). The zero-order valence-corrected chi connectivity index (χ0v) is 28.4. The van der Waals surface area contributed by atoms with Gasteiger partial charge in [0.1, 0.15) is 0 Å². The Hall–Kier alpha value is -1.89. The van der Waals surface area contributed by atoms with Crippen molar-refractivity contribution in [2.45, 2.75) is 193 Å². The lowest BCUT2D eigenvalue weighted by molar-refractivity contribution is -0.973. The van der Waals surface area contributed by atoms with Gasteiger partial charge in [-0.3, -0.25) is 4.48 Å². The van der Waals surface area contributed by atoms with E-state index < -0.39 is 40.5 Å². The molecule has 7 heteroatoms. The predicted molar refractivity (Wildman–Crippen MR) is 177 cm³/mol. The average Bonchev–Trinajstić information content (AvgIpc) is 2.96. The fraction of sp³-hybridized carbons (Fsp3) is 0.861. The summed E-state index contributed by atoms with van der Waals surface area (Å²) in [6, 6.07) is -3.19. The Morgan fingerprint density at radius 1 is 0.465 bits per heavy atom. The highest BCUT2D eigenvalue weighted by Gasteiger charge is 2.55. The number of carbonyl (C=O) groups is 3. The molecule has 0 aliphatic heterocycles. The van der Waals surface area contributed by atoms with Crippen LogP contribution in [0.3, 0.4) is 0 Å². The van der Waals surface area contributed by atoms with Crippen LogP contribution in [0.25, 0.3) is 0 Å². The zero-order valence-electron chi connectivity index (χ0n) is 28.4. The van der Waals surface area contributed by atoms with Crippen LogP contribution in [0.4, 0.5) is 0 Å². The van der Waals surface area contributed by atoms with Gasteiger partial charge in [0.15, 0.2) is 18.1 Å². The third kappa shape index (κ3) is 16.7. The van der Waals surface area contributed by atoms with Crippen LogP contribution < -0.4 is 0 Å². The minimum atomic E-state index is -1.11. The van der Waals surface area contributed by atoms with Crippen LogP contribution in [0.1, 0.15) is 175 Å². The van der Waals surface area contributed by atoms with Gasteiger partial charge in [-0.25, -0.2) is 14.4 Å². The zero-order chi connectivity index (χ0) is 32.3. The van der Waals surface area contributed by atoms with Crippen molar-refractivity contribution in [2.75, 3.05) is 6.54 Å². The molecule has 0 aromatic heterocycles. The Morgan fingerprint density at radius 3 is 1.02 bits per heavy atom. The van der Waals surface area contributed by atoms with Crippen LogP contribution in [0.2, 0.25) is 0 Å². The maximum absolute atomic E-state index is 12.3. The molecular weight excluding hydrogens is 542 g/mol. The molecule has 0 aliphatic rings. The van der Waals surface area contributed by atoms with E-state index in [0.717, 1.165) is 19.3 Å². The Labute approximate surface area is 264 Å². The van der Waals surface area contributed by atoms with E-state index in [1.807, 2.05) is 0 Å². The Balaban J connectivity index is 4.31. The highest BCUT2D eigenvalue weighted by Crippen LogP contribution is 2.32. The van der Waals surface area contributed by atoms with E-state index in [0.29, 0.717) is 6.42 Å². The number of rotatable bonds is 31. The molecule has 0 saturated carbocycles. The lowest BCUT2D eigenvalue weighted by atomic mass is 9.93. The molecule has 0 aliphatic carbocycles. The molecular formula is C36H68NO6+. The summed E-state index contributed by atoms with van der Waals surface area (Å²) < 4.78 is -0.404. The topological polar surface area (TPSA) is 112 Å². The van der Waals surface area contributed by atoms with Crippen molar-refractivity contribution in [3.05, 3.63) is 12.2 Å². The van der Waals surface area contributed by atoms with Gasteiger partial charge in [-0.2, -0.15) is 0 Å². The lowest BCUT2D eigenvalue weighted by Crippen LogP contribution is -2.72. The third-order valence-electron chi connectivity index (χ3n) is 9.31. The van der Waals surface area contributed by atoms with Gasteiger partial charge in [-0.15, -0.1) is 0 Å². The number of aliphatic carboxylic acids is 3. The molecule has 0 amide bonds. The molecule has 0 aromatic rings. The van der Waals surface area contributed by atoms with E-state index in [2.05, 4.69) is 19.1 Å². The van der Waals surface area contributed by atoms with Crippen molar-refractivity contribution in [2.24, 2.45) is 0 Å². The van der Waals surface area contributed by atoms with E-state index in [1.54, 1.807) is 20.8 Å². The van der Waals surface area contributed by atoms with Crippen molar-refractivity contribution in [1.29, 1.82) is 0 Å². The van der Waals surface area contributed by atoms with Crippen molar-refractivity contribution < 1.29 is 34.2 Å². The summed E-state index contributed by atoms with van der Waals surface area (Å²) in [6.45, 7) is 7.66. The normalized spacial score (nSPS) is 15.3. The molecule has 0 saturated heterocycles. The summed E-state index contributed by atoms with van der Waals surface area (Å²) in [4.78, 5) is 36.8. The lowest BCUT2D eigenvalue weighted by Gasteiger charge is -2.49. The number of hydrogen-bond donors (Lipinski definition) is 3. The maximum Gasteiger partial charge on any atom is 0.362 e. The Kier molecular flexibility index (Phi) is 25.3.